The molecule has 0 aromatic heterocycles. The largest absolute Gasteiger partial charge is 0.378 e. The van der Waals surface area contributed by atoms with Gasteiger partial charge in [-0.25, -0.2) is 9.78 Å². The van der Waals surface area contributed by atoms with Crippen molar-refractivity contribution in [1.29, 1.82) is 0 Å². The van der Waals surface area contributed by atoms with Crippen LogP contribution in [0.3, 0.4) is 0 Å². The SMILES string of the molecule is C.C.C.C.C.C.C.C.C.C.C=C.CCSSCCOCCOCC(COCCOCCSSCC)(COOCC(C)=O)C(=O)CCCOCC(C)=O. The number of ether oxygens (including phenoxy) is 5. The number of hydrogen-bond acceptors (Lipinski definition) is 14. The van der Waals surface area contributed by atoms with Crippen LogP contribution in [0.15, 0.2) is 13.2 Å². The molecule has 0 aliphatic carbocycles. The van der Waals surface area contributed by atoms with Crippen molar-refractivity contribution in [2.45, 2.75) is 115 Å². The summed E-state index contributed by atoms with van der Waals surface area (Å²) in [5.74, 6) is 3.46. The van der Waals surface area contributed by atoms with Gasteiger partial charge in [-0.1, -0.05) is 131 Å². The molecule has 0 rings (SSSR count). The molecular weight excluding hydrogens is 745 g/mol. The third-order valence-electron chi connectivity index (χ3n) is 4.80. The van der Waals surface area contributed by atoms with Crippen LogP contribution in [0.25, 0.3) is 0 Å². The highest BCUT2D eigenvalue weighted by Crippen LogP contribution is 2.25. The van der Waals surface area contributed by atoms with Crippen molar-refractivity contribution in [2.24, 2.45) is 5.41 Å². The first kappa shape index (κ1) is 84.4. The van der Waals surface area contributed by atoms with Gasteiger partial charge in [0.05, 0.1) is 59.5 Å². The lowest BCUT2D eigenvalue weighted by molar-refractivity contribution is -0.306. The molecule has 0 spiro atoms. The molecule has 0 saturated heterocycles. The molecule has 0 unspecified atom stereocenters. The normalized spacial score (nSPS) is 9.08. The fourth-order valence-corrected chi connectivity index (χ4v) is 5.96. The van der Waals surface area contributed by atoms with Crippen LogP contribution < -0.4 is 0 Å². The van der Waals surface area contributed by atoms with Gasteiger partial charge in [-0.3, -0.25) is 14.4 Å². The zero-order valence-corrected chi connectivity index (χ0v) is 29.1. The Morgan fingerprint density at radius 2 is 0.904 bits per heavy atom. The first-order chi connectivity index (χ1) is 20.4. The average molecular weight is 837 g/mol. The van der Waals surface area contributed by atoms with Crippen molar-refractivity contribution in [3.05, 3.63) is 13.2 Å². The van der Waals surface area contributed by atoms with E-state index in [-0.39, 0.29) is 138 Å². The van der Waals surface area contributed by atoms with Crippen LogP contribution in [0.2, 0.25) is 0 Å². The third kappa shape index (κ3) is 56.6. The topological polar surface area (TPSA) is 116 Å². The summed E-state index contributed by atoms with van der Waals surface area (Å²) in [5, 5.41) is 0. The molecule has 0 aliphatic heterocycles. The number of ketones is 3. The van der Waals surface area contributed by atoms with Crippen LogP contribution in [0.4, 0.5) is 0 Å². The Balaban J connectivity index is -0.000000131. The van der Waals surface area contributed by atoms with Gasteiger partial charge in [0, 0.05) is 36.0 Å². The molecule has 0 saturated carbocycles. The molecule has 328 valence electrons. The minimum atomic E-state index is -1.17. The van der Waals surface area contributed by atoms with E-state index in [1.165, 1.54) is 13.8 Å². The summed E-state index contributed by atoms with van der Waals surface area (Å²) in [6, 6.07) is 0. The second kappa shape index (κ2) is 65.7. The summed E-state index contributed by atoms with van der Waals surface area (Å²) in [7, 11) is 7.11. The van der Waals surface area contributed by atoms with Gasteiger partial charge >= 0.3 is 0 Å². The van der Waals surface area contributed by atoms with E-state index in [4.69, 9.17) is 33.5 Å². The van der Waals surface area contributed by atoms with Gasteiger partial charge in [-0.05, 0) is 20.3 Å². The second-order valence-corrected chi connectivity index (χ2v) is 14.3. The van der Waals surface area contributed by atoms with Crippen molar-refractivity contribution in [1.82, 2.24) is 0 Å². The summed E-state index contributed by atoms with van der Waals surface area (Å²) in [5.41, 5.74) is -1.17. The van der Waals surface area contributed by atoms with Crippen molar-refractivity contribution in [3.63, 3.8) is 0 Å². The van der Waals surface area contributed by atoms with Gasteiger partial charge in [-0.15, -0.1) is 13.2 Å². The molecule has 0 aromatic rings. The van der Waals surface area contributed by atoms with Crippen LogP contribution in [-0.4, -0.2) is 120 Å². The molecule has 0 N–H and O–H groups in total. The van der Waals surface area contributed by atoms with Gasteiger partial charge in [0.15, 0.2) is 11.6 Å². The zero-order chi connectivity index (χ0) is 31.7. The van der Waals surface area contributed by atoms with E-state index in [1.807, 2.05) is 0 Å². The van der Waals surface area contributed by atoms with Crippen molar-refractivity contribution in [2.75, 3.05) is 102 Å². The molecular formula is C38H92O10S4. The fraction of sp³-hybridized carbons (Fsp3) is 0.868. The van der Waals surface area contributed by atoms with Gasteiger partial charge in [0.25, 0.3) is 0 Å². The molecule has 0 aromatic carbocycles. The van der Waals surface area contributed by atoms with E-state index in [0.29, 0.717) is 46.1 Å². The Bertz CT molecular complexity index is 641. The fourth-order valence-electron chi connectivity index (χ4n) is 2.91. The van der Waals surface area contributed by atoms with Crippen LogP contribution >= 0.6 is 43.2 Å². The monoisotopic (exact) mass is 837 g/mol. The molecule has 0 heterocycles. The lowest BCUT2D eigenvalue weighted by Crippen LogP contribution is -2.45. The van der Waals surface area contributed by atoms with E-state index in [1.54, 1.807) is 43.2 Å². The van der Waals surface area contributed by atoms with Crippen LogP contribution in [-0.2, 0) is 47.8 Å². The second-order valence-electron chi connectivity index (χ2n) is 8.57. The van der Waals surface area contributed by atoms with E-state index in [2.05, 4.69) is 27.0 Å². The summed E-state index contributed by atoms with van der Waals surface area (Å²) < 4.78 is 28.3. The highest BCUT2D eigenvalue weighted by atomic mass is 33.1. The molecule has 0 amide bonds. The predicted molar refractivity (Wildman–Crippen MR) is 244 cm³/mol. The maximum atomic E-state index is 13.5. The number of rotatable bonds is 32. The Morgan fingerprint density at radius 3 is 1.29 bits per heavy atom. The zero-order valence-electron chi connectivity index (χ0n) is 25.9. The van der Waals surface area contributed by atoms with E-state index in [9.17, 15) is 14.4 Å². The highest BCUT2D eigenvalue weighted by molar-refractivity contribution is 8.77. The van der Waals surface area contributed by atoms with Crippen molar-refractivity contribution in [3.8, 4) is 0 Å². The van der Waals surface area contributed by atoms with Crippen LogP contribution in [0.5, 0.6) is 0 Å². The quantitative estimate of drug-likeness (QED) is 0.0210. The molecule has 0 bridgehead atoms. The maximum Gasteiger partial charge on any atom is 0.158 e. The number of carbonyl (C=O) groups is 3. The Kier molecular flexibility index (Phi) is 107. The lowest BCUT2D eigenvalue weighted by Gasteiger charge is -2.31. The molecule has 14 heteroatoms. The average Bonchev–Trinajstić information content (AvgIpc) is 2.97. The summed E-state index contributed by atoms with van der Waals surface area (Å²) >= 11 is 0. The standard InChI is InChI=1S/C26H48O10S4.C2H4.10CH4/c1-5-37-39-16-14-30-10-12-33-20-26(22-36-35-19-24(4)28,25(29)8-7-9-32-18-23(3)27)21-34-13-11-31-15-17-40-38-6-2;1-2;;;;;;;;;;/h5-22H2,1-4H3;1-2H2;10*1H4. The highest BCUT2D eigenvalue weighted by Gasteiger charge is 2.40. The minimum absolute atomic E-state index is 0. The molecule has 0 fully saturated rings. The molecule has 0 radical (unpaired) electrons. The lowest BCUT2D eigenvalue weighted by atomic mass is 9.83. The molecule has 52 heavy (non-hydrogen) atoms. The van der Waals surface area contributed by atoms with E-state index < -0.39 is 5.41 Å². The van der Waals surface area contributed by atoms with Crippen LogP contribution in [0, 0.1) is 5.41 Å². The third-order valence-corrected chi connectivity index (χ3v) is 9.68. The van der Waals surface area contributed by atoms with E-state index >= 15 is 0 Å². The molecule has 0 aliphatic rings. The summed E-state index contributed by atoms with van der Waals surface area (Å²) in [4.78, 5) is 46.2. The summed E-state index contributed by atoms with van der Waals surface area (Å²) in [6.45, 7) is 15.6. The summed E-state index contributed by atoms with van der Waals surface area (Å²) in [6.07, 6.45) is 0.599. The molecule has 0 atom stereocenters. The minimum Gasteiger partial charge on any atom is -0.378 e. The van der Waals surface area contributed by atoms with Crippen molar-refractivity contribution >= 4 is 60.5 Å². The molecule has 10 nitrogen and oxygen atoms in total. The maximum absolute atomic E-state index is 13.5. The number of hydrogen-bond donors (Lipinski definition) is 0. The van der Waals surface area contributed by atoms with Gasteiger partial charge in [-0.2, -0.15) is 0 Å². The Morgan fingerprint density at radius 1 is 0.500 bits per heavy atom. The number of Topliss-reactive ketones (excluding diaryl/α,β-unsaturated/α-hetero) is 3. The van der Waals surface area contributed by atoms with E-state index in [0.717, 1.165) is 23.0 Å². The van der Waals surface area contributed by atoms with Crippen molar-refractivity contribution < 1.29 is 47.8 Å². The Labute approximate surface area is 342 Å². The predicted octanol–water partition coefficient (Wildman–Crippen LogP) is 11.5. The Hall–Kier alpha value is -0.130. The van der Waals surface area contributed by atoms with Gasteiger partial charge in [0.1, 0.15) is 24.4 Å². The smallest absolute Gasteiger partial charge is 0.158 e. The van der Waals surface area contributed by atoms with Gasteiger partial charge < -0.3 is 23.7 Å². The first-order valence-corrected chi connectivity index (χ1v) is 19.0. The number of carbonyl (C=O) groups excluding carboxylic acids is 3. The first-order valence-electron chi connectivity index (χ1n) is 14.0. The van der Waals surface area contributed by atoms with Gasteiger partial charge in [0.2, 0.25) is 0 Å². The van der Waals surface area contributed by atoms with Crippen LogP contribution in [0.1, 0.15) is 115 Å².